The Hall–Kier alpha value is -1.35. The molecule has 0 aliphatic heterocycles. The molecule has 0 aromatic rings. The number of carbonyl (C=O) groups is 1. The molecule has 0 fully saturated rings. The van der Waals surface area contributed by atoms with Gasteiger partial charge in [-0.15, -0.1) is 0 Å². The van der Waals surface area contributed by atoms with Gasteiger partial charge in [-0.05, 0) is 12.5 Å². The van der Waals surface area contributed by atoms with Gasteiger partial charge in [0.25, 0.3) is 0 Å². The van der Waals surface area contributed by atoms with Gasteiger partial charge in [0.05, 0.1) is 6.10 Å². The minimum absolute atomic E-state index is 0.150. The number of allylic oxidation sites excluding steroid dienone is 3. The summed E-state index contributed by atoms with van der Waals surface area (Å²) in [5.41, 5.74) is 0.733. The van der Waals surface area contributed by atoms with Crippen molar-refractivity contribution in [3.63, 3.8) is 0 Å². The van der Waals surface area contributed by atoms with Crippen molar-refractivity contribution in [2.75, 3.05) is 6.54 Å². The number of amides is 1. The molecule has 1 unspecified atom stereocenters. The predicted molar refractivity (Wildman–Crippen MR) is 69.1 cm³/mol. The molecule has 0 aliphatic carbocycles. The number of aliphatic hydroxyl groups excluding tert-OH is 1. The van der Waals surface area contributed by atoms with Crippen molar-refractivity contribution in [1.82, 2.24) is 5.32 Å². The average molecular weight is 225 g/mol. The molecule has 92 valence electrons. The fourth-order valence-electron chi connectivity index (χ4n) is 0.964. The van der Waals surface area contributed by atoms with Gasteiger partial charge in [-0.3, -0.25) is 4.79 Å². The molecule has 1 amide bonds. The van der Waals surface area contributed by atoms with Crippen LogP contribution in [0.25, 0.3) is 0 Å². The van der Waals surface area contributed by atoms with Crippen LogP contribution in [0.5, 0.6) is 0 Å². The van der Waals surface area contributed by atoms with Crippen LogP contribution in [-0.4, -0.2) is 23.7 Å². The van der Waals surface area contributed by atoms with E-state index >= 15 is 0 Å². The Bertz CT molecular complexity index is 255. The summed E-state index contributed by atoms with van der Waals surface area (Å²) < 4.78 is 0. The molecule has 3 heteroatoms. The SMILES string of the molecule is C=C/C=C(\C=C/C)C(O)CNC(C)=O.CC. The van der Waals surface area contributed by atoms with E-state index in [-0.39, 0.29) is 12.5 Å². The van der Waals surface area contributed by atoms with Crippen molar-refractivity contribution in [3.05, 3.63) is 36.5 Å². The second-order valence-corrected chi connectivity index (χ2v) is 2.86. The van der Waals surface area contributed by atoms with Crippen LogP contribution in [0.3, 0.4) is 0 Å². The molecule has 0 aromatic heterocycles. The van der Waals surface area contributed by atoms with E-state index in [1.54, 1.807) is 18.2 Å². The zero-order valence-electron chi connectivity index (χ0n) is 10.7. The molecule has 0 saturated carbocycles. The van der Waals surface area contributed by atoms with Crippen molar-refractivity contribution >= 4 is 5.91 Å². The predicted octanol–water partition coefficient (Wildman–Crippen LogP) is 2.20. The summed E-state index contributed by atoms with van der Waals surface area (Å²) in [4.78, 5) is 10.6. The van der Waals surface area contributed by atoms with Crippen LogP contribution in [0.15, 0.2) is 36.5 Å². The molecule has 16 heavy (non-hydrogen) atoms. The normalized spacial score (nSPS) is 12.7. The van der Waals surface area contributed by atoms with E-state index in [0.717, 1.165) is 5.57 Å². The third-order valence-corrected chi connectivity index (χ3v) is 1.60. The molecule has 0 aliphatic rings. The van der Waals surface area contributed by atoms with Crippen molar-refractivity contribution in [2.24, 2.45) is 0 Å². The molecule has 0 bridgehead atoms. The molecule has 2 N–H and O–H groups in total. The van der Waals surface area contributed by atoms with E-state index in [0.29, 0.717) is 0 Å². The van der Waals surface area contributed by atoms with Crippen LogP contribution in [0.2, 0.25) is 0 Å². The average Bonchev–Trinajstić information content (AvgIpc) is 2.28. The highest BCUT2D eigenvalue weighted by molar-refractivity contribution is 5.72. The Morgan fingerprint density at radius 2 is 2.06 bits per heavy atom. The van der Waals surface area contributed by atoms with Gasteiger partial charge in [-0.2, -0.15) is 0 Å². The fraction of sp³-hybridized carbons (Fsp3) is 0.462. The van der Waals surface area contributed by atoms with Crippen LogP contribution in [-0.2, 0) is 4.79 Å². The Labute approximate surface area is 98.6 Å². The van der Waals surface area contributed by atoms with Crippen LogP contribution < -0.4 is 5.32 Å². The van der Waals surface area contributed by atoms with Crippen molar-refractivity contribution in [3.8, 4) is 0 Å². The highest BCUT2D eigenvalue weighted by atomic mass is 16.3. The topological polar surface area (TPSA) is 49.3 Å². The van der Waals surface area contributed by atoms with E-state index in [2.05, 4.69) is 11.9 Å². The third kappa shape index (κ3) is 9.21. The molecule has 0 spiro atoms. The van der Waals surface area contributed by atoms with Crippen molar-refractivity contribution in [2.45, 2.75) is 33.8 Å². The summed E-state index contributed by atoms with van der Waals surface area (Å²) in [6.45, 7) is 11.1. The lowest BCUT2D eigenvalue weighted by Crippen LogP contribution is -2.31. The van der Waals surface area contributed by atoms with Gasteiger partial charge >= 0.3 is 0 Å². The fourth-order valence-corrected chi connectivity index (χ4v) is 0.964. The third-order valence-electron chi connectivity index (χ3n) is 1.60. The summed E-state index contributed by atoms with van der Waals surface area (Å²) >= 11 is 0. The first-order valence-corrected chi connectivity index (χ1v) is 5.49. The Morgan fingerprint density at radius 1 is 1.50 bits per heavy atom. The lowest BCUT2D eigenvalue weighted by atomic mass is 10.1. The summed E-state index contributed by atoms with van der Waals surface area (Å²) in [6, 6.07) is 0. The van der Waals surface area contributed by atoms with Crippen molar-refractivity contribution < 1.29 is 9.90 Å². The maximum absolute atomic E-state index is 10.6. The standard InChI is InChI=1S/C11H17NO2.C2H6/c1-4-6-10(7-5-2)11(14)8-12-9(3)13;1-2/h4-7,11,14H,1,8H2,2-3H3,(H,12,13);1-2H3/b7-5-,10-6+;. The number of rotatable bonds is 5. The second-order valence-electron chi connectivity index (χ2n) is 2.86. The summed E-state index contributed by atoms with van der Waals surface area (Å²) in [7, 11) is 0. The number of nitrogens with one attached hydrogen (secondary N) is 1. The molecule has 3 nitrogen and oxygen atoms in total. The first-order valence-electron chi connectivity index (χ1n) is 5.49. The van der Waals surface area contributed by atoms with Gasteiger partial charge < -0.3 is 10.4 Å². The van der Waals surface area contributed by atoms with Crippen LogP contribution in [0.1, 0.15) is 27.7 Å². The highest BCUT2D eigenvalue weighted by Crippen LogP contribution is 2.04. The van der Waals surface area contributed by atoms with Crippen LogP contribution in [0.4, 0.5) is 0 Å². The first kappa shape index (κ1) is 17.1. The van der Waals surface area contributed by atoms with Gasteiger partial charge in [-0.25, -0.2) is 0 Å². The number of hydrogen-bond acceptors (Lipinski definition) is 2. The largest absolute Gasteiger partial charge is 0.387 e. The van der Waals surface area contributed by atoms with Crippen LogP contribution >= 0.6 is 0 Å². The molecule has 0 saturated heterocycles. The van der Waals surface area contributed by atoms with Gasteiger partial charge in [0, 0.05) is 13.5 Å². The minimum atomic E-state index is -0.687. The molecular formula is C13H23NO2. The van der Waals surface area contributed by atoms with Gasteiger partial charge in [0.2, 0.25) is 5.91 Å². The lowest BCUT2D eigenvalue weighted by Gasteiger charge is -2.11. The van der Waals surface area contributed by atoms with Crippen LogP contribution in [0, 0.1) is 0 Å². The van der Waals surface area contributed by atoms with Gasteiger partial charge in [0.1, 0.15) is 0 Å². The van der Waals surface area contributed by atoms with Crippen molar-refractivity contribution in [1.29, 1.82) is 0 Å². The number of carbonyl (C=O) groups excluding carboxylic acids is 1. The maximum Gasteiger partial charge on any atom is 0.216 e. The Balaban J connectivity index is 0. The highest BCUT2D eigenvalue weighted by Gasteiger charge is 2.07. The minimum Gasteiger partial charge on any atom is -0.387 e. The second kappa shape index (κ2) is 11.7. The summed E-state index contributed by atoms with van der Waals surface area (Å²) in [6.07, 6.45) is 6.24. The molecule has 0 rings (SSSR count). The zero-order chi connectivity index (χ0) is 13.0. The summed E-state index contributed by atoms with van der Waals surface area (Å²) in [5.74, 6) is -0.150. The quantitative estimate of drug-likeness (QED) is 0.705. The monoisotopic (exact) mass is 225 g/mol. The number of aliphatic hydroxyl groups is 1. The van der Waals surface area contributed by atoms with E-state index < -0.39 is 6.10 Å². The molecule has 1 atom stereocenters. The molecule has 0 radical (unpaired) electrons. The molecular weight excluding hydrogens is 202 g/mol. The van der Waals surface area contributed by atoms with Gasteiger partial charge in [-0.1, -0.05) is 44.7 Å². The smallest absolute Gasteiger partial charge is 0.216 e. The summed E-state index contributed by atoms with van der Waals surface area (Å²) in [5, 5.41) is 12.2. The van der Waals surface area contributed by atoms with E-state index in [1.165, 1.54) is 6.92 Å². The van der Waals surface area contributed by atoms with E-state index in [1.807, 2.05) is 26.8 Å². The first-order chi connectivity index (χ1) is 7.61. The van der Waals surface area contributed by atoms with E-state index in [9.17, 15) is 9.90 Å². The van der Waals surface area contributed by atoms with Gasteiger partial charge in [0.15, 0.2) is 0 Å². The molecule has 0 heterocycles. The Morgan fingerprint density at radius 3 is 2.44 bits per heavy atom. The zero-order valence-corrected chi connectivity index (χ0v) is 10.7. The molecule has 0 aromatic carbocycles. The maximum atomic E-state index is 10.6. The number of hydrogen-bond donors (Lipinski definition) is 2. The lowest BCUT2D eigenvalue weighted by molar-refractivity contribution is -0.119. The van der Waals surface area contributed by atoms with E-state index in [4.69, 9.17) is 0 Å². The Kier molecular flexibility index (Phi) is 12.5.